The molecule has 2 heterocycles. The second-order valence-electron chi connectivity index (χ2n) is 8.06. The van der Waals surface area contributed by atoms with Crippen molar-refractivity contribution < 1.29 is 28.6 Å². The summed E-state index contributed by atoms with van der Waals surface area (Å²) in [6, 6.07) is 2.58. The molecule has 8 heteroatoms. The maximum atomic E-state index is 12.6. The van der Waals surface area contributed by atoms with Crippen LogP contribution in [-0.2, 0) is 25.6 Å². The van der Waals surface area contributed by atoms with Gasteiger partial charge in [0.1, 0.15) is 18.2 Å². The van der Waals surface area contributed by atoms with E-state index in [1.165, 1.54) is 12.0 Å². The lowest BCUT2D eigenvalue weighted by Crippen LogP contribution is -2.58. The fraction of sp³-hybridized carbons (Fsp3) is 0.550. The minimum Gasteiger partial charge on any atom is -0.468 e. The van der Waals surface area contributed by atoms with Crippen LogP contribution >= 0.6 is 0 Å². The first-order valence-electron chi connectivity index (χ1n) is 9.22. The molecule has 1 saturated heterocycles. The van der Waals surface area contributed by atoms with Crippen LogP contribution < -0.4 is 5.32 Å². The van der Waals surface area contributed by atoms with Gasteiger partial charge in [-0.15, -0.1) is 0 Å². The number of fused-ring (bicyclic) bond motifs is 1. The topological polar surface area (TPSA) is 94.2 Å². The first-order valence-corrected chi connectivity index (χ1v) is 9.22. The number of carbonyl (C=O) groups is 3. The highest BCUT2D eigenvalue weighted by Crippen LogP contribution is 2.31. The summed E-state index contributed by atoms with van der Waals surface area (Å²) in [6.07, 6.45) is -0.481. The Morgan fingerprint density at radius 1 is 1.25 bits per heavy atom. The maximum absolute atomic E-state index is 12.6. The third-order valence-electron chi connectivity index (χ3n) is 4.93. The fourth-order valence-electron chi connectivity index (χ4n) is 3.56. The third kappa shape index (κ3) is 3.96. The molecule has 0 saturated carbocycles. The van der Waals surface area contributed by atoms with E-state index in [0.29, 0.717) is 12.1 Å². The van der Waals surface area contributed by atoms with Crippen molar-refractivity contribution >= 4 is 18.0 Å². The molecule has 0 aliphatic carbocycles. The Morgan fingerprint density at radius 3 is 2.61 bits per heavy atom. The number of hydrogen-bond donors (Lipinski definition) is 1. The van der Waals surface area contributed by atoms with E-state index in [1.807, 2.05) is 13.0 Å². The van der Waals surface area contributed by atoms with Crippen LogP contribution in [-0.4, -0.2) is 54.8 Å². The van der Waals surface area contributed by atoms with Crippen molar-refractivity contribution in [2.75, 3.05) is 20.2 Å². The number of piperazine rings is 1. The van der Waals surface area contributed by atoms with Gasteiger partial charge in [0.25, 0.3) is 0 Å². The molecule has 1 fully saturated rings. The summed E-state index contributed by atoms with van der Waals surface area (Å²) < 4.78 is 15.5. The summed E-state index contributed by atoms with van der Waals surface area (Å²) in [4.78, 5) is 38.1. The van der Waals surface area contributed by atoms with Gasteiger partial charge in [-0.2, -0.15) is 0 Å². The molecule has 28 heavy (non-hydrogen) atoms. The predicted octanol–water partition coefficient (Wildman–Crippen LogP) is 2.09. The van der Waals surface area contributed by atoms with Gasteiger partial charge >= 0.3 is 18.0 Å². The van der Waals surface area contributed by atoms with E-state index in [4.69, 9.17) is 14.2 Å². The quantitative estimate of drug-likeness (QED) is 0.610. The second kappa shape index (κ2) is 7.43. The molecule has 1 aromatic rings. The fourth-order valence-corrected chi connectivity index (χ4v) is 3.56. The molecule has 8 nitrogen and oxygen atoms in total. The molecule has 1 aromatic carbocycles. The van der Waals surface area contributed by atoms with Gasteiger partial charge in [0.05, 0.1) is 25.3 Å². The van der Waals surface area contributed by atoms with E-state index in [0.717, 1.165) is 16.7 Å². The number of ether oxygens (including phenoxy) is 3. The Hall–Kier alpha value is -2.61. The van der Waals surface area contributed by atoms with Gasteiger partial charge in [0.2, 0.25) is 0 Å². The van der Waals surface area contributed by atoms with Crippen LogP contribution in [0, 0.1) is 6.92 Å². The minimum absolute atomic E-state index is 0.156. The second-order valence-corrected chi connectivity index (χ2v) is 8.06. The Bertz CT molecular complexity index is 814. The van der Waals surface area contributed by atoms with Crippen molar-refractivity contribution in [1.82, 2.24) is 10.2 Å². The zero-order valence-electron chi connectivity index (χ0n) is 16.8. The van der Waals surface area contributed by atoms with Crippen LogP contribution in [0.4, 0.5) is 4.79 Å². The van der Waals surface area contributed by atoms with Gasteiger partial charge in [-0.25, -0.2) is 9.59 Å². The van der Waals surface area contributed by atoms with Gasteiger partial charge in [-0.05, 0) is 44.9 Å². The molecular weight excluding hydrogens is 364 g/mol. The highest BCUT2D eigenvalue weighted by molar-refractivity contribution is 5.94. The Kier molecular flexibility index (Phi) is 5.34. The van der Waals surface area contributed by atoms with Crippen molar-refractivity contribution in [3.63, 3.8) is 0 Å². The van der Waals surface area contributed by atoms with E-state index < -0.39 is 23.7 Å². The molecule has 2 aliphatic heterocycles. The highest BCUT2D eigenvalue weighted by atomic mass is 16.6. The molecule has 0 spiro atoms. The molecule has 3 rings (SSSR count). The van der Waals surface area contributed by atoms with Crippen LogP contribution in [0.25, 0.3) is 0 Å². The first kappa shape index (κ1) is 20.1. The number of nitrogens with one attached hydrogen (secondary N) is 1. The van der Waals surface area contributed by atoms with E-state index in [1.54, 1.807) is 26.8 Å². The van der Waals surface area contributed by atoms with E-state index in [9.17, 15) is 14.4 Å². The number of esters is 2. The number of methoxy groups -OCH3 is 1. The van der Waals surface area contributed by atoms with Gasteiger partial charge < -0.3 is 19.1 Å². The van der Waals surface area contributed by atoms with Crippen LogP contribution in [0.5, 0.6) is 0 Å². The molecule has 0 bridgehead atoms. The number of nitrogens with zero attached hydrogens (tertiary/aromatic N) is 1. The molecule has 2 aliphatic rings. The van der Waals surface area contributed by atoms with Crippen molar-refractivity contribution in [2.45, 2.75) is 52.0 Å². The molecule has 2 unspecified atom stereocenters. The lowest BCUT2D eigenvalue weighted by atomic mass is 9.92. The zero-order chi connectivity index (χ0) is 20.6. The van der Waals surface area contributed by atoms with E-state index in [2.05, 4.69) is 5.32 Å². The van der Waals surface area contributed by atoms with Crippen molar-refractivity contribution in [3.8, 4) is 0 Å². The summed E-state index contributed by atoms with van der Waals surface area (Å²) in [7, 11) is 1.31. The monoisotopic (exact) mass is 390 g/mol. The highest BCUT2D eigenvalue weighted by Gasteiger charge is 2.37. The lowest BCUT2D eigenvalue weighted by molar-refractivity contribution is -0.144. The van der Waals surface area contributed by atoms with Gasteiger partial charge in [-0.1, -0.05) is 6.07 Å². The molecule has 1 amide bonds. The van der Waals surface area contributed by atoms with Crippen LogP contribution in [0.2, 0.25) is 0 Å². The first-order chi connectivity index (χ1) is 13.1. The maximum Gasteiger partial charge on any atom is 0.410 e. The molecular formula is C20H26N2O6. The molecule has 2 atom stereocenters. The average molecular weight is 390 g/mol. The van der Waals surface area contributed by atoms with Crippen molar-refractivity contribution in [2.24, 2.45) is 0 Å². The van der Waals surface area contributed by atoms with E-state index in [-0.39, 0.29) is 25.2 Å². The molecule has 0 radical (unpaired) electrons. The Labute approximate surface area is 164 Å². The van der Waals surface area contributed by atoms with Crippen LogP contribution in [0.15, 0.2) is 12.1 Å². The normalized spacial score (nSPS) is 21.8. The smallest absolute Gasteiger partial charge is 0.410 e. The summed E-state index contributed by atoms with van der Waals surface area (Å²) >= 11 is 0. The summed E-state index contributed by atoms with van der Waals surface area (Å²) in [5.74, 6) is -0.778. The predicted molar refractivity (Wildman–Crippen MR) is 99.8 cm³/mol. The summed E-state index contributed by atoms with van der Waals surface area (Å²) in [6.45, 7) is 8.02. The average Bonchev–Trinajstić information content (AvgIpc) is 3.01. The Morgan fingerprint density at radius 2 is 1.96 bits per heavy atom. The SMILES string of the molecule is COC(=O)C1CN(C(=O)OC(C)(C)C)CC(c2ccc3c(c2C)COC3=O)N1. The third-order valence-corrected chi connectivity index (χ3v) is 4.93. The van der Waals surface area contributed by atoms with Crippen LogP contribution in [0.1, 0.15) is 53.9 Å². The number of cyclic esters (lactones) is 1. The number of hydrogen-bond acceptors (Lipinski definition) is 7. The van der Waals surface area contributed by atoms with Crippen molar-refractivity contribution in [1.29, 1.82) is 0 Å². The molecule has 152 valence electrons. The summed E-state index contributed by atoms with van der Waals surface area (Å²) in [5.41, 5.74) is 2.58. The van der Waals surface area contributed by atoms with Gasteiger partial charge in [0, 0.05) is 12.1 Å². The standard InChI is InChI=1S/C20H26N2O6/c1-11-12(6-7-13-14(11)10-27-17(13)23)15-8-22(19(25)28-20(2,3)4)9-16(21-15)18(24)26-5/h6-7,15-16,21H,8-10H2,1-5H3. The molecule has 0 aromatic heterocycles. The summed E-state index contributed by atoms with van der Waals surface area (Å²) in [5, 5.41) is 3.26. The number of rotatable bonds is 2. The van der Waals surface area contributed by atoms with Crippen LogP contribution in [0.3, 0.4) is 0 Å². The van der Waals surface area contributed by atoms with Gasteiger partial charge in [-0.3, -0.25) is 10.1 Å². The van der Waals surface area contributed by atoms with Crippen molar-refractivity contribution in [3.05, 3.63) is 34.4 Å². The minimum atomic E-state index is -0.679. The number of amides is 1. The molecule has 1 N–H and O–H groups in total. The number of carbonyl (C=O) groups excluding carboxylic acids is 3. The Balaban J connectivity index is 1.90. The largest absolute Gasteiger partial charge is 0.468 e. The zero-order valence-corrected chi connectivity index (χ0v) is 16.8. The number of benzene rings is 1. The lowest BCUT2D eigenvalue weighted by Gasteiger charge is -2.39. The van der Waals surface area contributed by atoms with Gasteiger partial charge in [0.15, 0.2) is 0 Å². The van der Waals surface area contributed by atoms with E-state index >= 15 is 0 Å².